The summed E-state index contributed by atoms with van der Waals surface area (Å²) in [6.45, 7) is -0.276. The molecule has 0 unspecified atom stereocenters. The Morgan fingerprint density at radius 3 is 2.42 bits per heavy atom. The van der Waals surface area contributed by atoms with Crippen molar-refractivity contribution in [1.82, 2.24) is 4.72 Å². The van der Waals surface area contributed by atoms with Gasteiger partial charge < -0.3 is 5.73 Å². The molecule has 0 rings (SSSR count). The number of amidine groups is 1. The van der Waals surface area contributed by atoms with E-state index in [1.165, 1.54) is 0 Å². The molecule has 0 fully saturated rings. The number of nitrogens with one attached hydrogen (secondary N) is 2. The van der Waals surface area contributed by atoms with Gasteiger partial charge in [-0.15, -0.1) is 0 Å². The van der Waals surface area contributed by atoms with Crippen molar-refractivity contribution in [1.29, 1.82) is 5.41 Å². The number of hydrogen-bond donors (Lipinski definition) is 3. The maximum absolute atomic E-state index is 11.6. The molecule has 5 nitrogen and oxygen atoms in total. The summed E-state index contributed by atoms with van der Waals surface area (Å²) >= 11 is 0. The highest BCUT2D eigenvalue weighted by molar-refractivity contribution is 7.89. The topological polar surface area (TPSA) is 96.0 Å². The fourth-order valence-corrected chi connectivity index (χ4v) is 0.904. The molecule has 12 heavy (non-hydrogen) atoms. The van der Waals surface area contributed by atoms with Crippen LogP contribution in [0.25, 0.3) is 0 Å². The highest BCUT2D eigenvalue weighted by Crippen LogP contribution is 2.00. The molecule has 0 spiro atoms. The zero-order chi connectivity index (χ0) is 9.78. The van der Waals surface area contributed by atoms with Crippen LogP contribution in [0.2, 0.25) is 0 Å². The van der Waals surface area contributed by atoms with Crippen molar-refractivity contribution in [3.05, 3.63) is 0 Å². The van der Waals surface area contributed by atoms with Gasteiger partial charge in [0.1, 0.15) is 0 Å². The van der Waals surface area contributed by atoms with Crippen LogP contribution in [-0.4, -0.2) is 26.6 Å². The van der Waals surface area contributed by atoms with Crippen molar-refractivity contribution in [3.63, 3.8) is 0 Å². The fraction of sp³-hybridized carbons (Fsp3) is 0.750. The molecule has 0 heterocycles. The molecular weight excluding hydrogens is 192 g/mol. The van der Waals surface area contributed by atoms with Gasteiger partial charge in [0, 0.05) is 13.0 Å². The first-order valence-electron chi connectivity index (χ1n) is 2.96. The Hall–Kier alpha value is -0.760. The molecule has 0 saturated heterocycles. The predicted octanol–water partition coefficient (Wildman–Crippen LogP) is -0.546. The van der Waals surface area contributed by atoms with Gasteiger partial charge in [-0.25, -0.2) is 13.1 Å². The molecule has 72 valence electrons. The highest BCUT2D eigenvalue weighted by atomic mass is 32.2. The van der Waals surface area contributed by atoms with Crippen molar-refractivity contribution in [2.45, 2.75) is 12.2 Å². The smallest absolute Gasteiger partial charge is 0.350 e. The van der Waals surface area contributed by atoms with Crippen LogP contribution in [0.3, 0.4) is 0 Å². The molecule has 4 N–H and O–H groups in total. The third kappa shape index (κ3) is 4.19. The molecule has 0 bridgehead atoms. The first kappa shape index (κ1) is 11.2. The predicted molar refractivity (Wildman–Crippen MR) is 39.5 cm³/mol. The van der Waals surface area contributed by atoms with E-state index in [9.17, 15) is 17.2 Å². The number of alkyl halides is 2. The normalized spacial score (nSPS) is 11.9. The van der Waals surface area contributed by atoms with Crippen LogP contribution < -0.4 is 10.5 Å². The van der Waals surface area contributed by atoms with E-state index in [4.69, 9.17) is 11.1 Å². The van der Waals surface area contributed by atoms with Crippen LogP contribution in [0, 0.1) is 5.41 Å². The van der Waals surface area contributed by atoms with E-state index < -0.39 is 15.8 Å². The van der Waals surface area contributed by atoms with Gasteiger partial charge in [-0.1, -0.05) is 0 Å². The molecule has 0 aliphatic carbocycles. The molecule has 0 aromatic carbocycles. The maximum atomic E-state index is 11.6. The Balaban J connectivity index is 3.86. The molecule has 0 aliphatic heterocycles. The van der Waals surface area contributed by atoms with Gasteiger partial charge in [0.25, 0.3) is 10.0 Å². The minimum atomic E-state index is -4.53. The Kier molecular flexibility index (Phi) is 4.04. The average molecular weight is 201 g/mol. The van der Waals surface area contributed by atoms with Gasteiger partial charge in [0.15, 0.2) is 0 Å². The summed E-state index contributed by atoms with van der Waals surface area (Å²) in [5, 5.41) is 6.66. The van der Waals surface area contributed by atoms with Crippen LogP contribution in [0.5, 0.6) is 0 Å². The molecule has 0 saturated carbocycles. The first-order valence-corrected chi connectivity index (χ1v) is 4.50. The molecule has 0 aromatic heterocycles. The van der Waals surface area contributed by atoms with Crippen molar-refractivity contribution < 1.29 is 17.2 Å². The number of sulfonamides is 1. The Labute approximate surface area is 68.5 Å². The van der Waals surface area contributed by atoms with Crippen LogP contribution in [-0.2, 0) is 10.0 Å². The summed E-state index contributed by atoms with van der Waals surface area (Å²) in [6.07, 6.45) is -0.0774. The second-order valence-electron chi connectivity index (χ2n) is 1.98. The summed E-state index contributed by atoms with van der Waals surface area (Å²) in [5.41, 5.74) is 4.86. The number of halogens is 2. The van der Waals surface area contributed by atoms with Gasteiger partial charge in [-0.3, -0.25) is 5.41 Å². The molecule has 0 radical (unpaired) electrons. The van der Waals surface area contributed by atoms with E-state index in [2.05, 4.69) is 0 Å². The Morgan fingerprint density at radius 1 is 1.58 bits per heavy atom. The number of nitrogens with two attached hydrogens (primary N) is 1. The lowest BCUT2D eigenvalue weighted by atomic mass is 10.4. The zero-order valence-corrected chi connectivity index (χ0v) is 6.87. The van der Waals surface area contributed by atoms with E-state index in [1.54, 1.807) is 4.72 Å². The van der Waals surface area contributed by atoms with E-state index in [0.717, 1.165) is 0 Å². The van der Waals surface area contributed by atoms with Gasteiger partial charge in [-0.2, -0.15) is 8.78 Å². The molecule has 8 heteroatoms. The number of rotatable bonds is 5. The van der Waals surface area contributed by atoms with Gasteiger partial charge in [0.2, 0.25) is 0 Å². The second kappa shape index (κ2) is 4.31. The van der Waals surface area contributed by atoms with Crippen molar-refractivity contribution in [2.75, 3.05) is 6.54 Å². The van der Waals surface area contributed by atoms with Gasteiger partial charge in [0.05, 0.1) is 5.84 Å². The van der Waals surface area contributed by atoms with Crippen LogP contribution >= 0.6 is 0 Å². The first-order chi connectivity index (χ1) is 5.36. The molecule has 0 aromatic rings. The zero-order valence-electron chi connectivity index (χ0n) is 6.05. The minimum Gasteiger partial charge on any atom is -0.388 e. The quantitative estimate of drug-likeness (QED) is 0.411. The van der Waals surface area contributed by atoms with E-state index in [-0.39, 0.29) is 18.8 Å². The third-order valence-electron chi connectivity index (χ3n) is 0.932. The van der Waals surface area contributed by atoms with Gasteiger partial charge in [-0.05, 0) is 0 Å². The lowest BCUT2D eigenvalue weighted by Crippen LogP contribution is -2.32. The monoisotopic (exact) mass is 201 g/mol. The summed E-state index contributed by atoms with van der Waals surface area (Å²) in [5.74, 6) is -3.70. The Bertz CT molecular complexity index is 251. The standard InChI is InChI=1S/C4H9F2N3O2S/c5-4(6)12(10,11)9-2-1-3(7)8/h4,9H,1-2H2,(H3,7,8). The minimum absolute atomic E-state index is 0.0774. The van der Waals surface area contributed by atoms with Crippen molar-refractivity contribution in [3.8, 4) is 0 Å². The molecule has 0 amide bonds. The fourth-order valence-electron chi connectivity index (χ4n) is 0.391. The second-order valence-corrected chi connectivity index (χ2v) is 3.71. The molecular formula is C4H9F2N3O2S. The maximum Gasteiger partial charge on any atom is 0.350 e. The molecule has 0 aliphatic rings. The third-order valence-corrected chi connectivity index (χ3v) is 2.01. The van der Waals surface area contributed by atoms with Crippen LogP contribution in [0.15, 0.2) is 0 Å². The SMILES string of the molecule is N=C(N)CCNS(=O)(=O)C(F)F. The largest absolute Gasteiger partial charge is 0.388 e. The summed E-state index contributed by atoms with van der Waals surface area (Å²) in [7, 11) is -4.53. The van der Waals surface area contributed by atoms with Crippen molar-refractivity contribution in [2.24, 2.45) is 5.73 Å². The summed E-state index contributed by atoms with van der Waals surface area (Å²) in [4.78, 5) is 0. The van der Waals surface area contributed by atoms with Gasteiger partial charge >= 0.3 is 5.76 Å². The lowest BCUT2D eigenvalue weighted by molar-refractivity contribution is 0.232. The average Bonchev–Trinajstić information content (AvgIpc) is 1.85. The summed E-state index contributed by atoms with van der Waals surface area (Å²) < 4.78 is 45.5. The van der Waals surface area contributed by atoms with Crippen LogP contribution in [0.1, 0.15) is 6.42 Å². The number of hydrogen-bond acceptors (Lipinski definition) is 3. The van der Waals surface area contributed by atoms with E-state index in [0.29, 0.717) is 0 Å². The van der Waals surface area contributed by atoms with E-state index in [1.807, 2.05) is 0 Å². The van der Waals surface area contributed by atoms with E-state index >= 15 is 0 Å². The van der Waals surface area contributed by atoms with Crippen molar-refractivity contribution >= 4 is 15.9 Å². The molecule has 0 atom stereocenters. The van der Waals surface area contributed by atoms with Crippen LogP contribution in [0.4, 0.5) is 8.78 Å². The Morgan fingerprint density at radius 2 is 2.08 bits per heavy atom. The summed E-state index contributed by atoms with van der Waals surface area (Å²) in [6, 6.07) is 0. The highest BCUT2D eigenvalue weighted by Gasteiger charge is 2.22. The lowest BCUT2D eigenvalue weighted by Gasteiger charge is -2.03.